The predicted octanol–water partition coefficient (Wildman–Crippen LogP) is 3.12. The van der Waals surface area contributed by atoms with E-state index in [4.69, 9.17) is 4.42 Å². The fourth-order valence-corrected chi connectivity index (χ4v) is 2.32. The lowest BCUT2D eigenvalue weighted by atomic mass is 10.0. The van der Waals surface area contributed by atoms with E-state index >= 15 is 0 Å². The molecule has 0 amide bonds. The van der Waals surface area contributed by atoms with Crippen LogP contribution in [0, 0.1) is 6.92 Å². The van der Waals surface area contributed by atoms with Crippen LogP contribution in [0.2, 0.25) is 0 Å². The smallest absolute Gasteiger partial charge is 0.137 e. The summed E-state index contributed by atoms with van der Waals surface area (Å²) in [7, 11) is 0. The van der Waals surface area contributed by atoms with E-state index in [9.17, 15) is 0 Å². The van der Waals surface area contributed by atoms with E-state index in [2.05, 4.69) is 35.7 Å². The lowest BCUT2D eigenvalue weighted by Gasteiger charge is -2.12. The van der Waals surface area contributed by atoms with Crippen molar-refractivity contribution in [3.05, 3.63) is 41.9 Å². The number of benzene rings is 1. The van der Waals surface area contributed by atoms with Crippen LogP contribution in [0.25, 0.3) is 16.3 Å². The van der Waals surface area contributed by atoms with Crippen LogP contribution in [0.5, 0.6) is 0 Å². The summed E-state index contributed by atoms with van der Waals surface area (Å²) in [4.78, 5) is 0. The Balaban J connectivity index is 2.20. The van der Waals surface area contributed by atoms with Crippen LogP contribution in [0.3, 0.4) is 0 Å². The van der Waals surface area contributed by atoms with Crippen molar-refractivity contribution < 1.29 is 4.42 Å². The van der Waals surface area contributed by atoms with Crippen LogP contribution in [0.1, 0.15) is 17.9 Å². The van der Waals surface area contributed by atoms with Crippen molar-refractivity contribution in [3.8, 4) is 0 Å². The largest absolute Gasteiger partial charge is 0.460 e. The average molecular weight is 213 g/mol. The third-order valence-corrected chi connectivity index (χ3v) is 3.16. The van der Waals surface area contributed by atoms with Crippen LogP contribution in [0.15, 0.2) is 34.8 Å². The molecule has 1 aliphatic heterocycles. The standard InChI is InChI=1S/C14H15NO/c1-10-12-4-2-3-5-13(12)14(16-10)11-6-8-15-9-7-11/h2-6,15H,7-9H2,1H3. The van der Waals surface area contributed by atoms with Gasteiger partial charge in [0.1, 0.15) is 11.5 Å². The summed E-state index contributed by atoms with van der Waals surface area (Å²) in [5, 5.41) is 5.80. The summed E-state index contributed by atoms with van der Waals surface area (Å²) < 4.78 is 5.91. The first-order chi connectivity index (χ1) is 7.86. The van der Waals surface area contributed by atoms with Gasteiger partial charge in [0.15, 0.2) is 0 Å². The van der Waals surface area contributed by atoms with Gasteiger partial charge in [-0.25, -0.2) is 0 Å². The van der Waals surface area contributed by atoms with Gasteiger partial charge in [-0.15, -0.1) is 0 Å². The third-order valence-electron chi connectivity index (χ3n) is 3.16. The Morgan fingerprint density at radius 2 is 2.00 bits per heavy atom. The third kappa shape index (κ3) is 1.46. The molecule has 0 atom stereocenters. The first-order valence-corrected chi connectivity index (χ1v) is 5.74. The number of nitrogens with one attached hydrogen (secondary N) is 1. The second-order valence-electron chi connectivity index (χ2n) is 4.22. The highest BCUT2D eigenvalue weighted by atomic mass is 16.3. The molecule has 2 nitrogen and oxygen atoms in total. The molecule has 16 heavy (non-hydrogen) atoms. The molecule has 0 radical (unpaired) electrons. The monoisotopic (exact) mass is 213 g/mol. The zero-order valence-electron chi connectivity index (χ0n) is 9.42. The Morgan fingerprint density at radius 1 is 1.19 bits per heavy atom. The fourth-order valence-electron chi connectivity index (χ4n) is 2.32. The number of rotatable bonds is 1. The minimum atomic E-state index is 0.948. The molecule has 3 rings (SSSR count). The highest BCUT2D eigenvalue weighted by molar-refractivity contribution is 5.93. The molecule has 82 valence electrons. The van der Waals surface area contributed by atoms with E-state index in [1.807, 2.05) is 6.92 Å². The van der Waals surface area contributed by atoms with E-state index in [0.717, 1.165) is 31.0 Å². The zero-order chi connectivity index (χ0) is 11.0. The van der Waals surface area contributed by atoms with Crippen molar-refractivity contribution in [1.82, 2.24) is 5.32 Å². The lowest BCUT2D eigenvalue weighted by molar-refractivity contribution is 0.522. The van der Waals surface area contributed by atoms with E-state index in [-0.39, 0.29) is 0 Å². The maximum absolute atomic E-state index is 5.91. The summed E-state index contributed by atoms with van der Waals surface area (Å²) in [5.41, 5.74) is 1.34. The Kier molecular flexibility index (Phi) is 2.29. The van der Waals surface area contributed by atoms with Crippen molar-refractivity contribution in [2.45, 2.75) is 13.3 Å². The molecule has 2 aromatic rings. The van der Waals surface area contributed by atoms with Crippen LogP contribution >= 0.6 is 0 Å². The lowest BCUT2D eigenvalue weighted by Crippen LogP contribution is -2.19. The van der Waals surface area contributed by atoms with Crippen molar-refractivity contribution in [2.24, 2.45) is 0 Å². The van der Waals surface area contributed by atoms with Gasteiger partial charge in [0.2, 0.25) is 0 Å². The van der Waals surface area contributed by atoms with Crippen molar-refractivity contribution in [3.63, 3.8) is 0 Å². The molecule has 1 aliphatic rings. The maximum Gasteiger partial charge on any atom is 0.137 e. The van der Waals surface area contributed by atoms with Crippen molar-refractivity contribution in [2.75, 3.05) is 13.1 Å². The molecule has 0 spiro atoms. The normalized spacial score (nSPS) is 16.4. The van der Waals surface area contributed by atoms with Crippen molar-refractivity contribution >= 4 is 16.3 Å². The van der Waals surface area contributed by atoms with E-state index in [0.29, 0.717) is 0 Å². The molecular formula is C14H15NO. The van der Waals surface area contributed by atoms with Crippen LogP contribution in [-0.4, -0.2) is 13.1 Å². The molecule has 0 unspecified atom stereocenters. The number of aryl methyl sites for hydroxylation is 1. The number of hydrogen-bond acceptors (Lipinski definition) is 2. The van der Waals surface area contributed by atoms with Crippen LogP contribution in [-0.2, 0) is 0 Å². The van der Waals surface area contributed by atoms with Gasteiger partial charge >= 0.3 is 0 Å². The molecule has 1 N–H and O–H groups in total. The Hall–Kier alpha value is -1.54. The molecule has 0 aliphatic carbocycles. The minimum Gasteiger partial charge on any atom is -0.460 e. The van der Waals surface area contributed by atoms with E-state index in [1.54, 1.807) is 0 Å². The molecule has 1 aromatic carbocycles. The highest BCUT2D eigenvalue weighted by Crippen LogP contribution is 2.32. The predicted molar refractivity (Wildman–Crippen MR) is 66.4 cm³/mol. The molecule has 0 bridgehead atoms. The summed E-state index contributed by atoms with van der Waals surface area (Å²) in [6.45, 7) is 4.02. The Labute approximate surface area is 95.0 Å². The van der Waals surface area contributed by atoms with Gasteiger partial charge in [-0.1, -0.05) is 30.3 Å². The van der Waals surface area contributed by atoms with Gasteiger partial charge in [0.25, 0.3) is 0 Å². The molecule has 1 aromatic heterocycles. The van der Waals surface area contributed by atoms with Gasteiger partial charge in [-0.2, -0.15) is 0 Å². The van der Waals surface area contributed by atoms with Gasteiger partial charge in [-0.3, -0.25) is 0 Å². The van der Waals surface area contributed by atoms with E-state index < -0.39 is 0 Å². The maximum atomic E-state index is 5.91. The SMILES string of the molecule is Cc1oc(C2=CCNCC2)c2ccccc12. The highest BCUT2D eigenvalue weighted by Gasteiger charge is 2.14. The molecule has 0 saturated heterocycles. The molecule has 0 saturated carbocycles. The van der Waals surface area contributed by atoms with Gasteiger partial charge in [-0.05, 0) is 25.5 Å². The quantitative estimate of drug-likeness (QED) is 0.787. The molecule has 0 fully saturated rings. The number of fused-ring (bicyclic) bond motifs is 1. The number of hydrogen-bond donors (Lipinski definition) is 1. The van der Waals surface area contributed by atoms with Crippen molar-refractivity contribution in [1.29, 1.82) is 0 Å². The second-order valence-corrected chi connectivity index (χ2v) is 4.22. The Morgan fingerprint density at radius 3 is 2.75 bits per heavy atom. The molecule has 2 heteroatoms. The molecule has 2 heterocycles. The average Bonchev–Trinajstić information content (AvgIpc) is 2.69. The molecular weight excluding hydrogens is 198 g/mol. The topological polar surface area (TPSA) is 25.2 Å². The van der Waals surface area contributed by atoms with Crippen LogP contribution < -0.4 is 5.32 Å². The first kappa shape index (κ1) is 9.67. The van der Waals surface area contributed by atoms with Gasteiger partial charge in [0, 0.05) is 17.3 Å². The van der Waals surface area contributed by atoms with Crippen LogP contribution in [0.4, 0.5) is 0 Å². The minimum absolute atomic E-state index is 0.948. The summed E-state index contributed by atoms with van der Waals surface area (Å²) in [5.74, 6) is 2.08. The Bertz CT molecular complexity index is 551. The number of furan rings is 1. The summed E-state index contributed by atoms with van der Waals surface area (Å²) in [6.07, 6.45) is 3.28. The summed E-state index contributed by atoms with van der Waals surface area (Å²) in [6, 6.07) is 8.40. The second kappa shape index (κ2) is 3.80. The first-order valence-electron chi connectivity index (χ1n) is 5.74. The van der Waals surface area contributed by atoms with Gasteiger partial charge < -0.3 is 9.73 Å². The summed E-state index contributed by atoms with van der Waals surface area (Å²) >= 11 is 0. The zero-order valence-corrected chi connectivity index (χ0v) is 9.42. The van der Waals surface area contributed by atoms with Gasteiger partial charge in [0.05, 0.1) is 0 Å². The fraction of sp³-hybridized carbons (Fsp3) is 0.286. The van der Waals surface area contributed by atoms with E-state index in [1.165, 1.54) is 16.3 Å².